The topological polar surface area (TPSA) is 26.3 Å². The second kappa shape index (κ2) is 9.24. The Hall–Kier alpha value is -4.00. The first-order valence-electron chi connectivity index (χ1n) is 9.80. The summed E-state index contributed by atoms with van der Waals surface area (Å²) in [6, 6.07) is 24.6. The van der Waals surface area contributed by atoms with Gasteiger partial charge in [0.15, 0.2) is 23.3 Å². The molecule has 0 unspecified atom stereocenters. The van der Waals surface area contributed by atoms with E-state index >= 15 is 0 Å². The number of hydrogen-bond acceptors (Lipinski definition) is 2. The van der Waals surface area contributed by atoms with Crippen molar-refractivity contribution in [1.29, 1.82) is 0 Å². The highest BCUT2D eigenvalue weighted by molar-refractivity contribution is 5.90. The third kappa shape index (κ3) is 4.48. The Bertz CT molecular complexity index is 1270. The van der Waals surface area contributed by atoms with E-state index in [0.717, 1.165) is 22.3 Å². The van der Waals surface area contributed by atoms with Crippen molar-refractivity contribution in [1.82, 2.24) is 0 Å². The van der Waals surface area contributed by atoms with Crippen LogP contribution in [0.1, 0.15) is 15.9 Å². The molecule has 0 spiro atoms. The van der Waals surface area contributed by atoms with E-state index < -0.39 is 47.2 Å². The van der Waals surface area contributed by atoms with E-state index in [1.165, 1.54) is 0 Å². The first-order chi connectivity index (χ1) is 15.9. The van der Waals surface area contributed by atoms with Gasteiger partial charge in [-0.3, -0.25) is 0 Å². The SMILES string of the molecule is O=C(OCc1ccc(-c2ccc(-c3ccccc3)cc2)cc1)c1c(F)c(F)c(F)c(F)c1F. The average Bonchev–Trinajstić information content (AvgIpc) is 2.86. The van der Waals surface area contributed by atoms with Gasteiger partial charge in [0.05, 0.1) is 0 Å². The molecule has 0 aliphatic rings. The van der Waals surface area contributed by atoms with Crippen molar-refractivity contribution >= 4 is 5.97 Å². The number of ether oxygens (including phenoxy) is 1. The third-order valence-electron chi connectivity index (χ3n) is 5.06. The van der Waals surface area contributed by atoms with E-state index in [-0.39, 0.29) is 0 Å². The molecule has 0 aromatic heterocycles. The maximum Gasteiger partial charge on any atom is 0.344 e. The van der Waals surface area contributed by atoms with Crippen LogP contribution < -0.4 is 0 Å². The predicted molar refractivity (Wildman–Crippen MR) is 113 cm³/mol. The summed E-state index contributed by atoms with van der Waals surface area (Å²) in [5.74, 6) is -12.9. The molecular formula is C26H15F5O2. The van der Waals surface area contributed by atoms with Gasteiger partial charge in [-0.1, -0.05) is 78.9 Å². The largest absolute Gasteiger partial charge is 0.457 e. The van der Waals surface area contributed by atoms with Crippen LogP contribution >= 0.6 is 0 Å². The van der Waals surface area contributed by atoms with E-state index in [4.69, 9.17) is 4.74 Å². The zero-order chi connectivity index (χ0) is 23.5. The van der Waals surface area contributed by atoms with Gasteiger partial charge in [-0.05, 0) is 27.8 Å². The number of rotatable bonds is 5. The minimum atomic E-state index is -2.34. The first-order valence-corrected chi connectivity index (χ1v) is 9.80. The summed E-state index contributed by atoms with van der Waals surface area (Å²) >= 11 is 0. The summed E-state index contributed by atoms with van der Waals surface area (Å²) in [5, 5.41) is 0. The van der Waals surface area contributed by atoms with Gasteiger partial charge in [0.1, 0.15) is 12.2 Å². The number of esters is 1. The summed E-state index contributed by atoms with van der Waals surface area (Å²) in [6.45, 7) is -0.411. The van der Waals surface area contributed by atoms with E-state index in [9.17, 15) is 26.7 Å². The van der Waals surface area contributed by atoms with Crippen LogP contribution in [0, 0.1) is 29.1 Å². The van der Waals surface area contributed by atoms with Crippen molar-refractivity contribution in [2.75, 3.05) is 0 Å². The van der Waals surface area contributed by atoms with Crippen LogP contribution in [0.4, 0.5) is 22.0 Å². The van der Waals surface area contributed by atoms with Crippen LogP contribution in [0.25, 0.3) is 22.3 Å². The second-order valence-corrected chi connectivity index (χ2v) is 7.16. The van der Waals surface area contributed by atoms with Gasteiger partial charge < -0.3 is 4.74 Å². The Labute approximate surface area is 185 Å². The molecule has 0 bridgehead atoms. The van der Waals surface area contributed by atoms with Crippen molar-refractivity contribution < 1.29 is 31.5 Å². The van der Waals surface area contributed by atoms with E-state index in [1.54, 1.807) is 24.3 Å². The van der Waals surface area contributed by atoms with Crippen molar-refractivity contribution in [2.45, 2.75) is 6.61 Å². The van der Waals surface area contributed by atoms with E-state index in [0.29, 0.717) is 5.56 Å². The number of hydrogen-bond donors (Lipinski definition) is 0. The highest BCUT2D eigenvalue weighted by Gasteiger charge is 2.30. The molecule has 33 heavy (non-hydrogen) atoms. The van der Waals surface area contributed by atoms with Crippen LogP contribution in [-0.4, -0.2) is 5.97 Å². The molecule has 4 rings (SSSR count). The van der Waals surface area contributed by atoms with E-state index in [2.05, 4.69) is 0 Å². The molecule has 166 valence electrons. The molecule has 0 amide bonds. The van der Waals surface area contributed by atoms with Gasteiger partial charge in [-0.25, -0.2) is 26.7 Å². The lowest BCUT2D eigenvalue weighted by Crippen LogP contribution is -2.15. The van der Waals surface area contributed by atoms with Crippen molar-refractivity contribution in [2.24, 2.45) is 0 Å². The highest BCUT2D eigenvalue weighted by Crippen LogP contribution is 2.26. The lowest BCUT2D eigenvalue weighted by molar-refractivity contribution is 0.0458. The molecule has 4 aromatic carbocycles. The molecule has 2 nitrogen and oxygen atoms in total. The quantitative estimate of drug-likeness (QED) is 0.140. The zero-order valence-electron chi connectivity index (χ0n) is 16.9. The fourth-order valence-electron chi connectivity index (χ4n) is 3.28. The number of benzene rings is 4. The van der Waals surface area contributed by atoms with Crippen molar-refractivity contribution in [3.8, 4) is 22.3 Å². The second-order valence-electron chi connectivity index (χ2n) is 7.16. The molecule has 0 fully saturated rings. The van der Waals surface area contributed by atoms with E-state index in [1.807, 2.05) is 54.6 Å². The van der Waals surface area contributed by atoms with Gasteiger partial charge in [0.2, 0.25) is 5.82 Å². The molecule has 0 saturated heterocycles. The molecule has 7 heteroatoms. The molecule has 0 radical (unpaired) electrons. The predicted octanol–water partition coefficient (Wildman–Crippen LogP) is 7.07. The zero-order valence-corrected chi connectivity index (χ0v) is 16.9. The van der Waals surface area contributed by atoms with Crippen LogP contribution in [0.3, 0.4) is 0 Å². The molecule has 0 atom stereocenters. The summed E-state index contributed by atoms with van der Waals surface area (Å²) in [7, 11) is 0. The fourth-order valence-corrected chi connectivity index (χ4v) is 3.28. The van der Waals surface area contributed by atoms with Gasteiger partial charge >= 0.3 is 5.97 Å². The van der Waals surface area contributed by atoms with Crippen molar-refractivity contribution in [3.63, 3.8) is 0 Å². The van der Waals surface area contributed by atoms with Crippen LogP contribution in [-0.2, 0) is 11.3 Å². The molecule has 4 aromatic rings. The first kappa shape index (κ1) is 22.2. The Morgan fingerprint density at radius 3 is 1.42 bits per heavy atom. The monoisotopic (exact) mass is 454 g/mol. The lowest BCUT2D eigenvalue weighted by Gasteiger charge is -2.09. The number of halogens is 5. The Morgan fingerprint density at radius 1 is 0.545 bits per heavy atom. The van der Waals surface area contributed by atoms with Crippen LogP contribution in [0.2, 0.25) is 0 Å². The Balaban J connectivity index is 1.45. The molecular weight excluding hydrogens is 439 g/mol. The Kier molecular flexibility index (Phi) is 6.22. The molecule has 0 heterocycles. The molecule has 0 N–H and O–H groups in total. The van der Waals surface area contributed by atoms with Gasteiger partial charge in [0, 0.05) is 0 Å². The fraction of sp³-hybridized carbons (Fsp3) is 0.0385. The smallest absolute Gasteiger partial charge is 0.344 e. The van der Waals surface area contributed by atoms with Gasteiger partial charge in [-0.2, -0.15) is 0 Å². The van der Waals surface area contributed by atoms with Crippen molar-refractivity contribution in [3.05, 3.63) is 119 Å². The summed E-state index contributed by atoms with van der Waals surface area (Å²) in [6.07, 6.45) is 0. The summed E-state index contributed by atoms with van der Waals surface area (Å²) < 4.78 is 71.9. The van der Waals surface area contributed by atoms with Crippen LogP contribution in [0.15, 0.2) is 78.9 Å². The number of carbonyl (C=O) groups is 1. The maximum atomic E-state index is 13.7. The van der Waals surface area contributed by atoms with Gasteiger partial charge in [0.25, 0.3) is 0 Å². The normalized spacial score (nSPS) is 10.8. The molecule has 0 aliphatic carbocycles. The Morgan fingerprint density at radius 2 is 0.939 bits per heavy atom. The third-order valence-corrected chi connectivity index (χ3v) is 5.06. The van der Waals surface area contributed by atoms with Crippen LogP contribution in [0.5, 0.6) is 0 Å². The number of carbonyl (C=O) groups excluding carboxylic acids is 1. The summed E-state index contributed by atoms with van der Waals surface area (Å²) in [5.41, 5.74) is 2.83. The van der Waals surface area contributed by atoms with Gasteiger partial charge in [-0.15, -0.1) is 0 Å². The minimum Gasteiger partial charge on any atom is -0.457 e. The standard InChI is InChI=1S/C26H15F5O2/c27-21-20(22(28)24(30)25(31)23(21)29)26(32)33-14-15-6-8-17(9-7-15)19-12-10-18(11-13-19)16-4-2-1-3-5-16/h1-13H,14H2. The summed E-state index contributed by atoms with van der Waals surface area (Å²) in [4.78, 5) is 12.0. The minimum absolute atomic E-state index is 0.411. The maximum absolute atomic E-state index is 13.7. The lowest BCUT2D eigenvalue weighted by atomic mass is 10.00. The molecule has 0 aliphatic heterocycles. The highest BCUT2D eigenvalue weighted by atomic mass is 19.2. The average molecular weight is 454 g/mol. The molecule has 0 saturated carbocycles.